The van der Waals surface area contributed by atoms with Crippen LogP contribution in [0.25, 0.3) is 0 Å². The minimum atomic E-state index is -1.55. The van der Waals surface area contributed by atoms with Crippen LogP contribution in [0.2, 0.25) is 0 Å². The zero-order chi connectivity index (χ0) is 26.0. The number of carbonyl (C=O) groups is 2. The lowest BCUT2D eigenvalue weighted by Crippen LogP contribution is -2.41. The standard InChI is InChI=1S/2C11H18NO.C4H4O4/c2*1-12(2,8-9-13)10-11-6-4-3-5-7-11;5-3(6)1-2-4(7)8/h2*3-7,13H,8-10H2,1-2H3;1-2H,(H,5,6)(H,7,8)/q2*+1;/p-2/b;;2-1-. The van der Waals surface area contributed by atoms with E-state index < -0.39 is 11.9 Å². The Morgan fingerprint density at radius 2 is 0.971 bits per heavy atom. The van der Waals surface area contributed by atoms with Crippen molar-refractivity contribution in [3.8, 4) is 0 Å². The van der Waals surface area contributed by atoms with Gasteiger partial charge in [-0.15, -0.1) is 0 Å². The molecule has 0 saturated carbocycles. The van der Waals surface area contributed by atoms with Crippen LogP contribution in [0.4, 0.5) is 0 Å². The molecule has 0 aliphatic rings. The molecule has 0 unspecified atom stereocenters. The van der Waals surface area contributed by atoms with E-state index in [0.717, 1.165) is 35.1 Å². The number of likely N-dealkylation sites (N-methyl/N-ethyl adjacent to an activating group) is 2. The van der Waals surface area contributed by atoms with Crippen LogP contribution in [-0.2, 0) is 22.7 Å². The van der Waals surface area contributed by atoms with Gasteiger partial charge in [0.15, 0.2) is 0 Å². The monoisotopic (exact) mass is 474 g/mol. The van der Waals surface area contributed by atoms with Gasteiger partial charge >= 0.3 is 0 Å². The summed E-state index contributed by atoms with van der Waals surface area (Å²) in [5.41, 5.74) is 2.64. The lowest BCUT2D eigenvalue weighted by molar-refractivity contribution is -0.903. The van der Waals surface area contributed by atoms with Gasteiger partial charge in [0.2, 0.25) is 0 Å². The summed E-state index contributed by atoms with van der Waals surface area (Å²) < 4.78 is 1.67. The number of aliphatic carboxylic acids is 2. The molecule has 0 aromatic heterocycles. The van der Waals surface area contributed by atoms with Crippen LogP contribution in [0.1, 0.15) is 11.1 Å². The highest BCUT2D eigenvalue weighted by Gasteiger charge is 2.14. The van der Waals surface area contributed by atoms with Crippen LogP contribution in [-0.4, -0.2) is 85.6 Å². The fourth-order valence-electron chi connectivity index (χ4n) is 2.99. The van der Waals surface area contributed by atoms with Gasteiger partial charge in [-0.2, -0.15) is 0 Å². The van der Waals surface area contributed by atoms with Gasteiger partial charge in [0.05, 0.1) is 53.3 Å². The Labute approximate surface area is 202 Å². The first kappa shape index (κ1) is 31.0. The Kier molecular flexibility index (Phi) is 15.1. The molecule has 34 heavy (non-hydrogen) atoms. The number of hydrogen-bond acceptors (Lipinski definition) is 6. The van der Waals surface area contributed by atoms with E-state index in [1.807, 2.05) is 36.4 Å². The topological polar surface area (TPSA) is 121 Å². The van der Waals surface area contributed by atoms with Gasteiger partial charge < -0.3 is 39.0 Å². The molecule has 0 spiro atoms. The van der Waals surface area contributed by atoms with Gasteiger partial charge in [-0.25, -0.2) is 0 Å². The van der Waals surface area contributed by atoms with E-state index in [1.165, 1.54) is 11.1 Å². The second-order valence-corrected chi connectivity index (χ2v) is 9.02. The molecule has 8 nitrogen and oxygen atoms in total. The van der Waals surface area contributed by atoms with Crippen LogP contribution < -0.4 is 10.2 Å². The maximum Gasteiger partial charge on any atom is 0.104 e. The van der Waals surface area contributed by atoms with Crippen molar-refractivity contribution >= 4 is 11.9 Å². The van der Waals surface area contributed by atoms with Crippen molar-refractivity contribution in [2.45, 2.75) is 13.1 Å². The fourth-order valence-corrected chi connectivity index (χ4v) is 2.99. The van der Waals surface area contributed by atoms with E-state index in [9.17, 15) is 19.8 Å². The Morgan fingerprint density at radius 1 is 0.676 bits per heavy atom. The molecule has 2 aromatic rings. The Morgan fingerprint density at radius 3 is 1.21 bits per heavy atom. The first-order valence-electron chi connectivity index (χ1n) is 10.9. The summed E-state index contributed by atoms with van der Waals surface area (Å²) in [6, 6.07) is 20.7. The first-order valence-corrected chi connectivity index (χ1v) is 10.9. The average Bonchev–Trinajstić information content (AvgIpc) is 2.74. The molecule has 0 amide bonds. The molecule has 2 N–H and O–H groups in total. The maximum absolute atomic E-state index is 9.41. The molecule has 2 aromatic carbocycles. The zero-order valence-electron chi connectivity index (χ0n) is 20.6. The number of rotatable bonds is 10. The van der Waals surface area contributed by atoms with Gasteiger partial charge in [-0.05, 0) is 12.2 Å². The van der Waals surface area contributed by atoms with Crippen molar-refractivity contribution in [1.82, 2.24) is 0 Å². The van der Waals surface area contributed by atoms with Crippen LogP contribution >= 0.6 is 0 Å². The highest BCUT2D eigenvalue weighted by Crippen LogP contribution is 2.08. The van der Waals surface area contributed by atoms with Gasteiger partial charge in [0.25, 0.3) is 0 Å². The predicted molar refractivity (Wildman–Crippen MR) is 128 cm³/mol. The summed E-state index contributed by atoms with van der Waals surface area (Å²) in [4.78, 5) is 18.8. The van der Waals surface area contributed by atoms with E-state index in [0.29, 0.717) is 12.2 Å². The Hall–Kier alpha value is -3.04. The average molecular weight is 475 g/mol. The number of carbonyl (C=O) groups excluding carboxylic acids is 2. The molecular weight excluding hydrogens is 436 g/mol. The summed E-state index contributed by atoms with van der Waals surface area (Å²) >= 11 is 0. The number of carboxylic acid groups (broad SMARTS) is 2. The largest absolute Gasteiger partial charge is 0.545 e. The summed E-state index contributed by atoms with van der Waals surface area (Å²) in [5, 5.41) is 36.6. The number of aliphatic hydroxyl groups is 2. The van der Waals surface area contributed by atoms with Crippen molar-refractivity contribution < 1.29 is 39.0 Å². The SMILES string of the molecule is C[N+](C)(CCO)Cc1ccccc1.C[N+](C)(CCO)Cc1ccccc1.O=C([O-])/C=C\C(=O)[O-]. The van der Waals surface area contributed by atoms with E-state index >= 15 is 0 Å². The van der Waals surface area contributed by atoms with Crippen LogP contribution in [0.15, 0.2) is 72.8 Å². The number of quaternary nitrogens is 2. The molecule has 0 aliphatic heterocycles. The first-order chi connectivity index (χ1) is 15.9. The third-order valence-electron chi connectivity index (χ3n) is 4.67. The van der Waals surface area contributed by atoms with Crippen molar-refractivity contribution in [1.29, 1.82) is 0 Å². The van der Waals surface area contributed by atoms with Crippen LogP contribution in [0, 0.1) is 0 Å². The summed E-state index contributed by atoms with van der Waals surface area (Å²) in [7, 11) is 8.51. The smallest absolute Gasteiger partial charge is 0.104 e. The van der Waals surface area contributed by atoms with E-state index in [1.54, 1.807) is 0 Å². The highest BCUT2D eigenvalue weighted by molar-refractivity contribution is 5.87. The second-order valence-electron chi connectivity index (χ2n) is 9.02. The molecule has 0 saturated heterocycles. The van der Waals surface area contributed by atoms with Gasteiger partial charge in [-0.3, -0.25) is 0 Å². The lowest BCUT2D eigenvalue weighted by atomic mass is 10.2. The molecule has 0 radical (unpaired) electrons. The number of hydrogen-bond donors (Lipinski definition) is 2. The maximum atomic E-state index is 9.41. The van der Waals surface area contributed by atoms with Gasteiger partial charge in [0.1, 0.15) is 26.2 Å². The minimum absolute atomic E-state index is 0.250. The second kappa shape index (κ2) is 16.6. The molecule has 2 rings (SSSR count). The molecule has 8 heteroatoms. The Bertz CT molecular complexity index is 781. The third-order valence-corrected chi connectivity index (χ3v) is 4.67. The quantitative estimate of drug-likeness (QED) is 0.356. The van der Waals surface area contributed by atoms with Crippen molar-refractivity contribution in [3.63, 3.8) is 0 Å². The molecule has 188 valence electrons. The summed E-state index contributed by atoms with van der Waals surface area (Å²) in [6.45, 7) is 4.05. The summed E-state index contributed by atoms with van der Waals surface area (Å²) in [5.74, 6) is -3.09. The van der Waals surface area contributed by atoms with E-state index in [-0.39, 0.29) is 13.2 Å². The molecule has 0 atom stereocenters. The van der Waals surface area contributed by atoms with Gasteiger partial charge in [0, 0.05) is 11.1 Å². The van der Waals surface area contributed by atoms with E-state index in [2.05, 4.69) is 52.5 Å². The van der Waals surface area contributed by atoms with Gasteiger partial charge in [-0.1, -0.05) is 60.7 Å². The van der Waals surface area contributed by atoms with Crippen molar-refractivity contribution in [3.05, 3.63) is 83.9 Å². The molecule has 0 bridgehead atoms. The zero-order valence-corrected chi connectivity index (χ0v) is 20.6. The highest BCUT2D eigenvalue weighted by atomic mass is 16.4. The number of nitrogens with zero attached hydrogens (tertiary/aromatic N) is 2. The van der Waals surface area contributed by atoms with Crippen LogP contribution in [0.3, 0.4) is 0 Å². The summed E-state index contributed by atoms with van der Waals surface area (Å²) in [6.07, 6.45) is 0.769. The predicted octanol–water partition coefficient (Wildman–Crippen LogP) is -0.447. The lowest BCUT2D eigenvalue weighted by Gasteiger charge is -2.28. The number of aliphatic hydroxyl groups excluding tert-OH is 2. The minimum Gasteiger partial charge on any atom is -0.545 e. The normalized spacial score (nSPS) is 11.1. The van der Waals surface area contributed by atoms with E-state index in [4.69, 9.17) is 10.2 Å². The third kappa shape index (κ3) is 17.5. The Balaban J connectivity index is 0.000000497. The van der Waals surface area contributed by atoms with Crippen molar-refractivity contribution in [2.24, 2.45) is 0 Å². The number of carboxylic acids is 2. The van der Waals surface area contributed by atoms with Crippen LogP contribution in [0.5, 0.6) is 0 Å². The molecule has 0 fully saturated rings. The molecule has 0 heterocycles. The van der Waals surface area contributed by atoms with Crippen molar-refractivity contribution in [2.75, 3.05) is 54.5 Å². The number of benzene rings is 2. The molecular formula is C26H38N2O6. The fraction of sp³-hybridized carbons (Fsp3) is 0.385. The molecule has 0 aliphatic carbocycles.